The smallest absolute Gasteiger partial charge is 0.191 e. The quantitative estimate of drug-likeness (QED) is 0.201. The number of hydrogen-bond donors (Lipinski definition) is 3. The van der Waals surface area contributed by atoms with Crippen LogP contribution in [-0.4, -0.2) is 55.1 Å². The van der Waals surface area contributed by atoms with E-state index in [1.807, 2.05) is 24.3 Å². The Labute approximate surface area is 182 Å². The number of nitrogens with zero attached hydrogens (tertiary/aromatic N) is 3. The molecular weight excluding hydrogens is 471 g/mol. The number of aromatic nitrogens is 3. The van der Waals surface area contributed by atoms with Crippen LogP contribution < -0.4 is 15.4 Å². The summed E-state index contributed by atoms with van der Waals surface area (Å²) < 4.78 is 10.8. The van der Waals surface area contributed by atoms with Crippen LogP contribution in [0.25, 0.3) is 11.4 Å². The highest BCUT2D eigenvalue weighted by atomic mass is 127. The average molecular weight is 500 g/mol. The normalized spacial score (nSPS) is 13.7. The minimum absolute atomic E-state index is 0. The van der Waals surface area contributed by atoms with Gasteiger partial charge in [0.05, 0.1) is 13.7 Å². The van der Waals surface area contributed by atoms with Gasteiger partial charge in [-0.25, -0.2) is 4.98 Å². The van der Waals surface area contributed by atoms with E-state index in [9.17, 15) is 0 Å². The fourth-order valence-corrected chi connectivity index (χ4v) is 2.55. The molecule has 1 saturated carbocycles. The van der Waals surface area contributed by atoms with E-state index in [1.165, 1.54) is 12.8 Å². The molecular formula is C19H29IN6O2. The Kier molecular flexibility index (Phi) is 9.48. The SMILES string of the molecule is CN=C(NCCCOCC1CC1)NCc1nc(-c2ccc(OC)cc2)n[nH]1.I. The van der Waals surface area contributed by atoms with Gasteiger partial charge in [0.15, 0.2) is 11.8 Å². The van der Waals surface area contributed by atoms with Crippen molar-refractivity contribution in [2.75, 3.05) is 33.9 Å². The van der Waals surface area contributed by atoms with Gasteiger partial charge in [-0.3, -0.25) is 10.1 Å². The molecule has 0 saturated heterocycles. The van der Waals surface area contributed by atoms with Gasteiger partial charge in [0, 0.05) is 32.4 Å². The Morgan fingerprint density at radius 1 is 1.25 bits per heavy atom. The van der Waals surface area contributed by atoms with E-state index in [0.29, 0.717) is 12.4 Å². The van der Waals surface area contributed by atoms with Crippen molar-refractivity contribution in [2.45, 2.75) is 25.8 Å². The number of methoxy groups -OCH3 is 1. The molecule has 3 rings (SSSR count). The molecule has 1 aliphatic carbocycles. The third-order valence-corrected chi connectivity index (χ3v) is 4.34. The second-order valence-corrected chi connectivity index (χ2v) is 6.56. The van der Waals surface area contributed by atoms with Crippen molar-refractivity contribution in [3.8, 4) is 17.1 Å². The van der Waals surface area contributed by atoms with Gasteiger partial charge in [-0.2, -0.15) is 5.10 Å². The third kappa shape index (κ3) is 7.27. The molecule has 1 aliphatic rings. The summed E-state index contributed by atoms with van der Waals surface area (Å²) in [5.74, 6) is 3.77. The molecule has 2 aromatic rings. The molecule has 0 amide bonds. The fraction of sp³-hybridized carbons (Fsp3) is 0.526. The Morgan fingerprint density at radius 3 is 2.71 bits per heavy atom. The molecule has 1 fully saturated rings. The zero-order valence-corrected chi connectivity index (χ0v) is 18.7. The van der Waals surface area contributed by atoms with Gasteiger partial charge >= 0.3 is 0 Å². The molecule has 1 heterocycles. The van der Waals surface area contributed by atoms with Crippen molar-refractivity contribution >= 4 is 29.9 Å². The summed E-state index contributed by atoms with van der Waals surface area (Å²) >= 11 is 0. The van der Waals surface area contributed by atoms with E-state index in [0.717, 1.165) is 55.2 Å². The second-order valence-electron chi connectivity index (χ2n) is 6.56. The van der Waals surface area contributed by atoms with E-state index in [1.54, 1.807) is 14.2 Å². The van der Waals surface area contributed by atoms with Crippen LogP contribution >= 0.6 is 24.0 Å². The number of aromatic amines is 1. The maximum absolute atomic E-state index is 5.63. The van der Waals surface area contributed by atoms with Gasteiger partial charge in [0.25, 0.3) is 0 Å². The molecule has 1 aromatic carbocycles. The highest BCUT2D eigenvalue weighted by Gasteiger charge is 2.20. The number of nitrogens with one attached hydrogen (secondary N) is 3. The third-order valence-electron chi connectivity index (χ3n) is 4.34. The molecule has 0 aliphatic heterocycles. The second kappa shape index (κ2) is 11.8. The summed E-state index contributed by atoms with van der Waals surface area (Å²) in [4.78, 5) is 8.73. The zero-order valence-electron chi connectivity index (χ0n) is 16.4. The lowest BCUT2D eigenvalue weighted by molar-refractivity contribution is 0.123. The Balaban J connectivity index is 0.00000280. The molecule has 28 heavy (non-hydrogen) atoms. The molecule has 1 aromatic heterocycles. The minimum Gasteiger partial charge on any atom is -0.497 e. The summed E-state index contributed by atoms with van der Waals surface area (Å²) in [5, 5.41) is 13.7. The van der Waals surface area contributed by atoms with Crippen molar-refractivity contribution in [1.82, 2.24) is 25.8 Å². The number of benzene rings is 1. The molecule has 0 bridgehead atoms. The molecule has 0 atom stereocenters. The standard InChI is InChI=1S/C19H28N6O2.HI/c1-20-19(21-10-3-11-27-13-14-4-5-14)22-12-17-23-18(25-24-17)15-6-8-16(26-2)9-7-15;/h6-9,14H,3-5,10-13H2,1-2H3,(H2,20,21,22)(H,23,24,25);1H. The number of halogens is 1. The molecule has 0 unspecified atom stereocenters. The van der Waals surface area contributed by atoms with Crippen LogP contribution in [0.3, 0.4) is 0 Å². The molecule has 9 heteroatoms. The summed E-state index contributed by atoms with van der Waals surface area (Å²) in [6.45, 7) is 3.03. The van der Waals surface area contributed by atoms with E-state index in [2.05, 4.69) is 30.8 Å². The number of guanidine groups is 1. The van der Waals surface area contributed by atoms with Gasteiger partial charge in [-0.05, 0) is 49.4 Å². The van der Waals surface area contributed by atoms with Gasteiger partial charge < -0.3 is 20.1 Å². The van der Waals surface area contributed by atoms with Crippen LogP contribution in [0.15, 0.2) is 29.3 Å². The lowest BCUT2D eigenvalue weighted by Gasteiger charge is -2.10. The van der Waals surface area contributed by atoms with Crippen molar-refractivity contribution in [2.24, 2.45) is 10.9 Å². The van der Waals surface area contributed by atoms with Gasteiger partial charge in [-0.15, -0.1) is 24.0 Å². The summed E-state index contributed by atoms with van der Waals surface area (Å²) in [6, 6.07) is 7.66. The monoisotopic (exact) mass is 500 g/mol. The Bertz CT molecular complexity index is 730. The number of hydrogen-bond acceptors (Lipinski definition) is 5. The number of ether oxygens (including phenoxy) is 2. The molecule has 154 valence electrons. The van der Waals surface area contributed by atoms with E-state index >= 15 is 0 Å². The maximum Gasteiger partial charge on any atom is 0.191 e. The predicted octanol–water partition coefficient (Wildman–Crippen LogP) is 2.58. The number of rotatable bonds is 10. The van der Waals surface area contributed by atoms with Crippen molar-refractivity contribution in [3.05, 3.63) is 30.1 Å². The molecule has 8 nitrogen and oxygen atoms in total. The number of H-pyrrole nitrogens is 1. The van der Waals surface area contributed by atoms with E-state index in [-0.39, 0.29) is 24.0 Å². The lowest BCUT2D eigenvalue weighted by Crippen LogP contribution is -2.37. The first-order valence-corrected chi connectivity index (χ1v) is 9.36. The molecule has 0 radical (unpaired) electrons. The van der Waals surface area contributed by atoms with Gasteiger partial charge in [0.1, 0.15) is 11.6 Å². The number of aliphatic imine (C=N–C) groups is 1. The largest absolute Gasteiger partial charge is 0.497 e. The van der Waals surface area contributed by atoms with E-state index < -0.39 is 0 Å². The highest BCUT2D eigenvalue weighted by molar-refractivity contribution is 14.0. The van der Waals surface area contributed by atoms with Crippen LogP contribution in [0.2, 0.25) is 0 Å². The summed E-state index contributed by atoms with van der Waals surface area (Å²) in [6.07, 6.45) is 3.62. The van der Waals surface area contributed by atoms with Crippen LogP contribution in [0.1, 0.15) is 25.1 Å². The highest BCUT2D eigenvalue weighted by Crippen LogP contribution is 2.28. The average Bonchev–Trinajstić information content (AvgIpc) is 3.42. The lowest BCUT2D eigenvalue weighted by atomic mass is 10.2. The van der Waals surface area contributed by atoms with Crippen LogP contribution in [-0.2, 0) is 11.3 Å². The van der Waals surface area contributed by atoms with Gasteiger partial charge in [0.2, 0.25) is 0 Å². The van der Waals surface area contributed by atoms with Crippen molar-refractivity contribution in [1.29, 1.82) is 0 Å². The van der Waals surface area contributed by atoms with Crippen molar-refractivity contribution < 1.29 is 9.47 Å². The summed E-state index contributed by atoms with van der Waals surface area (Å²) in [7, 11) is 3.40. The van der Waals surface area contributed by atoms with Crippen LogP contribution in [0.5, 0.6) is 5.75 Å². The fourth-order valence-electron chi connectivity index (χ4n) is 2.55. The first kappa shape index (κ1) is 22.4. The van der Waals surface area contributed by atoms with Crippen molar-refractivity contribution in [3.63, 3.8) is 0 Å². The Morgan fingerprint density at radius 2 is 2.04 bits per heavy atom. The zero-order chi connectivity index (χ0) is 18.9. The summed E-state index contributed by atoms with van der Waals surface area (Å²) in [5.41, 5.74) is 0.937. The first-order chi connectivity index (χ1) is 13.3. The minimum atomic E-state index is 0. The van der Waals surface area contributed by atoms with Gasteiger partial charge in [-0.1, -0.05) is 0 Å². The van der Waals surface area contributed by atoms with E-state index in [4.69, 9.17) is 9.47 Å². The maximum atomic E-state index is 5.63. The first-order valence-electron chi connectivity index (χ1n) is 9.36. The molecule has 0 spiro atoms. The van der Waals surface area contributed by atoms with Crippen LogP contribution in [0.4, 0.5) is 0 Å². The predicted molar refractivity (Wildman–Crippen MR) is 120 cm³/mol. The Hall–Kier alpha value is -1.88. The molecule has 3 N–H and O–H groups in total. The topological polar surface area (TPSA) is 96.5 Å². The van der Waals surface area contributed by atoms with Crippen LogP contribution in [0, 0.1) is 5.92 Å².